The Morgan fingerprint density at radius 2 is 0.667 bits per heavy atom. The summed E-state index contributed by atoms with van der Waals surface area (Å²) in [5.74, 6) is 0. The molecule has 0 saturated heterocycles. The molecule has 0 bridgehead atoms. The van der Waals surface area contributed by atoms with Crippen LogP contribution >= 0.6 is 0 Å². The first-order valence-electron chi connectivity index (χ1n) is 18.8. The van der Waals surface area contributed by atoms with Crippen LogP contribution in [-0.2, 0) is 0 Å². The summed E-state index contributed by atoms with van der Waals surface area (Å²) in [6.07, 6.45) is 0. The van der Waals surface area contributed by atoms with Gasteiger partial charge in [0.15, 0.2) is 0 Å². The molecule has 0 amide bonds. The summed E-state index contributed by atoms with van der Waals surface area (Å²) < 4.78 is 0. The van der Waals surface area contributed by atoms with Crippen molar-refractivity contribution in [3.63, 3.8) is 0 Å². The minimum Gasteiger partial charge on any atom is -0.0622 e. The van der Waals surface area contributed by atoms with Gasteiger partial charge in [-0.2, -0.15) is 0 Å². The molecule has 11 aromatic rings. The molecular formula is C54H34. The number of hydrogen-bond donors (Lipinski definition) is 0. The summed E-state index contributed by atoms with van der Waals surface area (Å²) >= 11 is 0. The van der Waals surface area contributed by atoms with Crippen LogP contribution in [0.15, 0.2) is 206 Å². The van der Waals surface area contributed by atoms with E-state index >= 15 is 0 Å². The van der Waals surface area contributed by atoms with Crippen LogP contribution in [0.2, 0.25) is 0 Å². The zero-order valence-electron chi connectivity index (χ0n) is 29.6. The van der Waals surface area contributed by atoms with Gasteiger partial charge in [0, 0.05) is 0 Å². The number of rotatable bonds is 5. The third kappa shape index (κ3) is 4.85. The Hall–Kier alpha value is -7.02. The lowest BCUT2D eigenvalue weighted by Gasteiger charge is -2.25. The van der Waals surface area contributed by atoms with Gasteiger partial charge in [0.2, 0.25) is 0 Å². The highest BCUT2D eigenvalue weighted by atomic mass is 14.3. The molecule has 0 N–H and O–H groups in total. The third-order valence-corrected chi connectivity index (χ3v) is 11.4. The maximum absolute atomic E-state index is 2.49. The molecule has 0 nitrogen and oxygen atoms in total. The average Bonchev–Trinajstić information content (AvgIpc) is 3.25. The van der Waals surface area contributed by atoms with Crippen molar-refractivity contribution in [2.45, 2.75) is 0 Å². The molecule has 250 valence electrons. The van der Waals surface area contributed by atoms with Crippen LogP contribution in [0, 0.1) is 0 Å². The molecule has 0 aliphatic carbocycles. The lowest BCUT2D eigenvalue weighted by molar-refractivity contribution is 1.55. The monoisotopic (exact) mass is 682 g/mol. The van der Waals surface area contributed by atoms with E-state index in [4.69, 9.17) is 0 Å². The van der Waals surface area contributed by atoms with Gasteiger partial charge in [-0.3, -0.25) is 0 Å². The Labute approximate surface area is 314 Å². The molecule has 0 radical (unpaired) electrons. The Morgan fingerprint density at radius 3 is 1.31 bits per heavy atom. The van der Waals surface area contributed by atoms with E-state index < -0.39 is 0 Å². The van der Waals surface area contributed by atoms with Crippen LogP contribution in [0.1, 0.15) is 0 Å². The van der Waals surface area contributed by atoms with Crippen molar-refractivity contribution in [2.24, 2.45) is 0 Å². The molecule has 11 aromatic carbocycles. The lowest BCUT2D eigenvalue weighted by Crippen LogP contribution is -1.99. The standard InChI is InChI=1S/C54H34/c1-3-14-37(15-4-1)48-34-49(46-30-28-41-25-24-39-20-11-21-40-29-31-47(46)51(41)50(39)40)52(38-16-5-2-6-17-38)54(45-27-23-36-13-8-10-19-43(36)33-45)53(48)44-26-22-35-12-7-9-18-42(35)32-44/h1-34H. The van der Waals surface area contributed by atoms with E-state index in [1.54, 1.807) is 0 Å². The van der Waals surface area contributed by atoms with Crippen LogP contribution in [0.25, 0.3) is 109 Å². The minimum atomic E-state index is 1.20. The quantitative estimate of drug-likeness (QED) is 0.159. The SMILES string of the molecule is c1ccc(-c2cc(-c3ccc4ccc5cccc6ccc3c4c56)c(-c3ccccc3)c(-c3ccc4ccccc4c3)c2-c2ccc3ccccc3c2)cc1. The maximum Gasteiger partial charge on any atom is -0.00141 e. The summed E-state index contributed by atoms with van der Waals surface area (Å²) in [5, 5.41) is 12.7. The summed E-state index contributed by atoms with van der Waals surface area (Å²) in [4.78, 5) is 0. The fourth-order valence-electron chi connectivity index (χ4n) is 8.89. The molecule has 0 aliphatic heterocycles. The molecular weight excluding hydrogens is 649 g/mol. The Morgan fingerprint density at radius 1 is 0.204 bits per heavy atom. The fraction of sp³-hybridized carbons (Fsp3) is 0. The van der Waals surface area contributed by atoms with E-state index in [0.29, 0.717) is 0 Å². The largest absolute Gasteiger partial charge is 0.0622 e. The normalized spacial score (nSPS) is 11.7. The molecule has 0 aromatic heterocycles. The van der Waals surface area contributed by atoms with Gasteiger partial charge in [-0.15, -0.1) is 0 Å². The Kier molecular flexibility index (Phi) is 6.97. The Bertz CT molecular complexity index is 3170. The maximum atomic E-state index is 2.49. The molecule has 0 unspecified atom stereocenters. The molecule has 0 saturated carbocycles. The first kappa shape index (κ1) is 30.6. The van der Waals surface area contributed by atoms with Gasteiger partial charge >= 0.3 is 0 Å². The van der Waals surface area contributed by atoms with Crippen molar-refractivity contribution in [3.05, 3.63) is 206 Å². The van der Waals surface area contributed by atoms with Crippen molar-refractivity contribution in [1.82, 2.24) is 0 Å². The van der Waals surface area contributed by atoms with Gasteiger partial charge in [-0.1, -0.05) is 188 Å². The van der Waals surface area contributed by atoms with Gasteiger partial charge < -0.3 is 0 Å². The minimum absolute atomic E-state index is 1.20. The van der Waals surface area contributed by atoms with E-state index in [9.17, 15) is 0 Å². The fourth-order valence-corrected chi connectivity index (χ4v) is 8.89. The van der Waals surface area contributed by atoms with Crippen molar-refractivity contribution in [2.75, 3.05) is 0 Å². The molecule has 0 heterocycles. The highest BCUT2D eigenvalue weighted by molar-refractivity contribution is 6.26. The second-order valence-electron chi connectivity index (χ2n) is 14.4. The van der Waals surface area contributed by atoms with Gasteiger partial charge in [0.05, 0.1) is 0 Å². The van der Waals surface area contributed by atoms with Gasteiger partial charge in [-0.05, 0) is 128 Å². The number of hydrogen-bond acceptors (Lipinski definition) is 0. The summed E-state index contributed by atoms with van der Waals surface area (Å²) in [5.41, 5.74) is 12.2. The first-order chi connectivity index (χ1) is 26.8. The highest BCUT2D eigenvalue weighted by Gasteiger charge is 2.25. The zero-order chi connectivity index (χ0) is 35.6. The number of fused-ring (bicyclic) bond motifs is 2. The molecule has 0 atom stereocenters. The van der Waals surface area contributed by atoms with E-state index in [1.807, 2.05) is 0 Å². The van der Waals surface area contributed by atoms with Crippen molar-refractivity contribution >= 4 is 53.9 Å². The Balaban J connectivity index is 1.35. The smallest absolute Gasteiger partial charge is 0.00141 e. The molecule has 11 rings (SSSR count). The molecule has 0 fully saturated rings. The van der Waals surface area contributed by atoms with Gasteiger partial charge in [0.25, 0.3) is 0 Å². The summed E-state index contributed by atoms with van der Waals surface area (Å²) in [6, 6.07) is 76.4. The van der Waals surface area contributed by atoms with E-state index in [0.717, 1.165) is 0 Å². The number of benzene rings is 11. The predicted molar refractivity (Wildman–Crippen MR) is 232 cm³/mol. The van der Waals surface area contributed by atoms with E-state index in [-0.39, 0.29) is 0 Å². The second kappa shape index (κ2) is 12.3. The van der Waals surface area contributed by atoms with Crippen LogP contribution in [0.3, 0.4) is 0 Å². The van der Waals surface area contributed by atoms with Crippen molar-refractivity contribution in [1.29, 1.82) is 0 Å². The molecule has 0 spiro atoms. The van der Waals surface area contributed by atoms with E-state index in [2.05, 4.69) is 206 Å². The van der Waals surface area contributed by atoms with Crippen LogP contribution < -0.4 is 0 Å². The van der Waals surface area contributed by atoms with Crippen LogP contribution in [0.4, 0.5) is 0 Å². The van der Waals surface area contributed by atoms with Crippen molar-refractivity contribution < 1.29 is 0 Å². The lowest BCUT2D eigenvalue weighted by atomic mass is 9.77. The molecule has 0 aliphatic rings. The zero-order valence-corrected chi connectivity index (χ0v) is 29.6. The second-order valence-corrected chi connectivity index (χ2v) is 14.4. The highest BCUT2D eigenvalue weighted by Crippen LogP contribution is 2.52. The van der Waals surface area contributed by atoms with Crippen molar-refractivity contribution in [3.8, 4) is 55.6 Å². The van der Waals surface area contributed by atoms with E-state index in [1.165, 1.54) is 109 Å². The third-order valence-electron chi connectivity index (χ3n) is 11.4. The molecule has 0 heteroatoms. The van der Waals surface area contributed by atoms with Crippen LogP contribution in [0.5, 0.6) is 0 Å². The van der Waals surface area contributed by atoms with Gasteiger partial charge in [0.1, 0.15) is 0 Å². The van der Waals surface area contributed by atoms with Gasteiger partial charge in [-0.25, -0.2) is 0 Å². The van der Waals surface area contributed by atoms with Crippen LogP contribution in [-0.4, -0.2) is 0 Å². The topological polar surface area (TPSA) is 0 Å². The first-order valence-corrected chi connectivity index (χ1v) is 18.8. The summed E-state index contributed by atoms with van der Waals surface area (Å²) in [7, 11) is 0. The average molecular weight is 683 g/mol. The predicted octanol–water partition coefficient (Wildman–Crippen LogP) is 15.2. The molecule has 54 heavy (non-hydrogen) atoms. The summed E-state index contributed by atoms with van der Waals surface area (Å²) in [6.45, 7) is 0.